The number of nitrogens with zero attached hydrogens (tertiary/aromatic N) is 2. The third-order valence-electron chi connectivity index (χ3n) is 3.47. The van der Waals surface area contributed by atoms with Gasteiger partial charge >= 0.3 is 0 Å². The third kappa shape index (κ3) is 3.11. The molecule has 1 aliphatic heterocycles. The Kier molecular flexibility index (Phi) is 4.95. The standard InChI is InChI=1S/C13H21N3O3S/c1-3-14-12-5-4-8-15-13(12)20(17,18)16(2)11-6-9-19-10-7-11/h4-5,8,11,14H,3,6-7,9-10H2,1-2H3. The molecule has 1 fully saturated rings. The summed E-state index contributed by atoms with van der Waals surface area (Å²) in [6, 6.07) is 3.44. The summed E-state index contributed by atoms with van der Waals surface area (Å²) >= 11 is 0. The fourth-order valence-electron chi connectivity index (χ4n) is 2.30. The van der Waals surface area contributed by atoms with E-state index in [1.807, 2.05) is 6.92 Å². The average molecular weight is 299 g/mol. The lowest BCUT2D eigenvalue weighted by molar-refractivity contribution is 0.0631. The second-order valence-electron chi connectivity index (χ2n) is 4.75. The first-order valence-electron chi connectivity index (χ1n) is 6.82. The summed E-state index contributed by atoms with van der Waals surface area (Å²) in [6.07, 6.45) is 2.95. The van der Waals surface area contributed by atoms with Gasteiger partial charge in [0, 0.05) is 39.0 Å². The van der Waals surface area contributed by atoms with E-state index < -0.39 is 10.0 Å². The lowest BCUT2D eigenvalue weighted by Gasteiger charge is -2.30. The molecule has 1 aromatic rings. The van der Waals surface area contributed by atoms with Crippen molar-refractivity contribution in [2.45, 2.75) is 30.8 Å². The summed E-state index contributed by atoms with van der Waals surface area (Å²) in [4.78, 5) is 4.06. The van der Waals surface area contributed by atoms with Gasteiger partial charge in [-0.1, -0.05) is 0 Å². The monoisotopic (exact) mass is 299 g/mol. The minimum Gasteiger partial charge on any atom is -0.383 e. The highest BCUT2D eigenvalue weighted by Crippen LogP contribution is 2.25. The number of rotatable bonds is 5. The quantitative estimate of drug-likeness (QED) is 0.887. The smallest absolute Gasteiger partial charge is 0.262 e. The predicted molar refractivity (Wildman–Crippen MR) is 77.2 cm³/mol. The van der Waals surface area contributed by atoms with Crippen molar-refractivity contribution in [2.75, 3.05) is 32.1 Å². The van der Waals surface area contributed by atoms with Crippen LogP contribution in [0.1, 0.15) is 19.8 Å². The number of ether oxygens (including phenoxy) is 1. The van der Waals surface area contributed by atoms with E-state index in [2.05, 4.69) is 10.3 Å². The van der Waals surface area contributed by atoms with Crippen molar-refractivity contribution in [1.29, 1.82) is 0 Å². The number of nitrogens with one attached hydrogen (secondary N) is 1. The molecule has 1 N–H and O–H groups in total. The van der Waals surface area contributed by atoms with Gasteiger partial charge in [0.2, 0.25) is 0 Å². The Morgan fingerprint density at radius 3 is 2.80 bits per heavy atom. The third-order valence-corrected chi connectivity index (χ3v) is 5.34. The molecule has 0 spiro atoms. The molecule has 0 atom stereocenters. The normalized spacial score (nSPS) is 17.4. The molecule has 2 heterocycles. The van der Waals surface area contributed by atoms with Crippen LogP contribution >= 0.6 is 0 Å². The van der Waals surface area contributed by atoms with Crippen LogP contribution in [0.5, 0.6) is 0 Å². The molecule has 112 valence electrons. The van der Waals surface area contributed by atoms with Gasteiger partial charge in [-0.05, 0) is 31.9 Å². The second-order valence-corrected chi connectivity index (χ2v) is 6.66. The van der Waals surface area contributed by atoms with Gasteiger partial charge in [-0.3, -0.25) is 0 Å². The SMILES string of the molecule is CCNc1cccnc1S(=O)(=O)N(C)C1CCOCC1. The summed E-state index contributed by atoms with van der Waals surface area (Å²) in [5.41, 5.74) is 0.550. The molecule has 0 unspecified atom stereocenters. The maximum absolute atomic E-state index is 12.7. The van der Waals surface area contributed by atoms with Gasteiger partial charge in [0.15, 0.2) is 5.03 Å². The summed E-state index contributed by atoms with van der Waals surface area (Å²) < 4.78 is 32.1. The van der Waals surface area contributed by atoms with Crippen LogP contribution in [0.4, 0.5) is 5.69 Å². The Hall–Kier alpha value is -1.18. The molecule has 0 aromatic carbocycles. The van der Waals surface area contributed by atoms with Crippen LogP contribution in [-0.2, 0) is 14.8 Å². The van der Waals surface area contributed by atoms with E-state index in [1.54, 1.807) is 19.2 Å². The molecule has 1 saturated heterocycles. The Morgan fingerprint density at radius 1 is 1.45 bits per heavy atom. The molecular weight excluding hydrogens is 278 g/mol. The highest BCUT2D eigenvalue weighted by molar-refractivity contribution is 7.89. The zero-order valence-corrected chi connectivity index (χ0v) is 12.7. The first-order chi connectivity index (χ1) is 9.57. The minimum atomic E-state index is -3.59. The van der Waals surface area contributed by atoms with Crippen molar-refractivity contribution in [1.82, 2.24) is 9.29 Å². The van der Waals surface area contributed by atoms with Gasteiger partial charge in [-0.15, -0.1) is 0 Å². The van der Waals surface area contributed by atoms with Gasteiger partial charge in [0.25, 0.3) is 10.0 Å². The van der Waals surface area contributed by atoms with Gasteiger partial charge < -0.3 is 10.1 Å². The van der Waals surface area contributed by atoms with Gasteiger partial charge in [0.05, 0.1) is 5.69 Å². The van der Waals surface area contributed by atoms with Crippen molar-refractivity contribution >= 4 is 15.7 Å². The summed E-state index contributed by atoms with van der Waals surface area (Å²) in [7, 11) is -1.97. The number of hydrogen-bond donors (Lipinski definition) is 1. The van der Waals surface area contributed by atoms with Crippen LogP contribution < -0.4 is 5.32 Å². The topological polar surface area (TPSA) is 71.5 Å². The fraction of sp³-hybridized carbons (Fsp3) is 0.615. The fourth-order valence-corrected chi connectivity index (χ4v) is 3.79. The van der Waals surface area contributed by atoms with Crippen molar-refractivity contribution < 1.29 is 13.2 Å². The Labute approximate surface area is 120 Å². The number of anilines is 1. The molecule has 6 nitrogen and oxygen atoms in total. The maximum Gasteiger partial charge on any atom is 0.262 e. The number of sulfonamides is 1. The molecule has 0 saturated carbocycles. The van der Waals surface area contributed by atoms with Crippen LogP contribution in [-0.4, -0.2) is 50.6 Å². The van der Waals surface area contributed by atoms with Crippen molar-refractivity contribution in [3.05, 3.63) is 18.3 Å². The highest BCUT2D eigenvalue weighted by atomic mass is 32.2. The van der Waals surface area contributed by atoms with Crippen LogP contribution in [0.3, 0.4) is 0 Å². The molecule has 0 radical (unpaired) electrons. The zero-order chi connectivity index (χ0) is 14.6. The first-order valence-corrected chi connectivity index (χ1v) is 8.26. The highest BCUT2D eigenvalue weighted by Gasteiger charge is 2.31. The molecule has 7 heteroatoms. The van der Waals surface area contributed by atoms with Crippen LogP contribution in [0.2, 0.25) is 0 Å². The molecule has 0 amide bonds. The predicted octanol–water partition coefficient (Wildman–Crippen LogP) is 1.31. The van der Waals surface area contributed by atoms with Crippen LogP contribution in [0, 0.1) is 0 Å². The molecular formula is C13H21N3O3S. The molecule has 2 rings (SSSR count). The Bertz CT molecular complexity index is 542. The number of pyridine rings is 1. The molecule has 0 aliphatic carbocycles. The lowest BCUT2D eigenvalue weighted by atomic mass is 10.1. The van der Waals surface area contributed by atoms with E-state index in [0.717, 1.165) is 12.8 Å². The van der Waals surface area contributed by atoms with Crippen molar-refractivity contribution in [2.24, 2.45) is 0 Å². The zero-order valence-electron chi connectivity index (χ0n) is 11.9. The molecule has 20 heavy (non-hydrogen) atoms. The first kappa shape index (κ1) is 15.2. The molecule has 0 bridgehead atoms. The Balaban J connectivity index is 2.29. The number of aromatic nitrogens is 1. The van der Waals surface area contributed by atoms with E-state index in [0.29, 0.717) is 25.4 Å². The maximum atomic E-state index is 12.7. The summed E-state index contributed by atoms with van der Waals surface area (Å²) in [5.74, 6) is 0. The van der Waals surface area contributed by atoms with Gasteiger partial charge in [-0.2, -0.15) is 4.31 Å². The van der Waals surface area contributed by atoms with Gasteiger partial charge in [0.1, 0.15) is 0 Å². The number of hydrogen-bond acceptors (Lipinski definition) is 5. The van der Waals surface area contributed by atoms with E-state index in [9.17, 15) is 8.42 Å². The summed E-state index contributed by atoms with van der Waals surface area (Å²) in [5, 5.41) is 3.14. The minimum absolute atomic E-state index is 0.0229. The van der Waals surface area contributed by atoms with Crippen LogP contribution in [0.15, 0.2) is 23.4 Å². The van der Waals surface area contributed by atoms with Crippen molar-refractivity contribution in [3.63, 3.8) is 0 Å². The van der Waals surface area contributed by atoms with Crippen LogP contribution in [0.25, 0.3) is 0 Å². The second kappa shape index (κ2) is 6.51. The van der Waals surface area contributed by atoms with E-state index in [-0.39, 0.29) is 11.1 Å². The average Bonchev–Trinajstić information content (AvgIpc) is 2.48. The van der Waals surface area contributed by atoms with E-state index >= 15 is 0 Å². The van der Waals surface area contributed by atoms with E-state index in [1.165, 1.54) is 10.5 Å². The summed E-state index contributed by atoms with van der Waals surface area (Å²) in [6.45, 7) is 3.78. The molecule has 1 aliphatic rings. The lowest BCUT2D eigenvalue weighted by Crippen LogP contribution is -2.41. The Morgan fingerprint density at radius 2 is 2.15 bits per heavy atom. The largest absolute Gasteiger partial charge is 0.383 e. The van der Waals surface area contributed by atoms with Gasteiger partial charge in [-0.25, -0.2) is 13.4 Å². The van der Waals surface area contributed by atoms with Crippen molar-refractivity contribution in [3.8, 4) is 0 Å². The molecule has 1 aromatic heterocycles. The van der Waals surface area contributed by atoms with E-state index in [4.69, 9.17) is 4.74 Å².